The Labute approximate surface area is 145 Å². The van der Waals surface area contributed by atoms with E-state index in [-0.39, 0.29) is 0 Å². The number of H-pyrrole nitrogens is 1. The maximum atomic E-state index is 5.28. The molecular formula is C17H21N5OS. The molecule has 0 bridgehead atoms. The summed E-state index contributed by atoms with van der Waals surface area (Å²) in [7, 11) is 1.66. The summed E-state index contributed by atoms with van der Waals surface area (Å²) in [4.78, 5) is 10.5. The lowest BCUT2D eigenvalue weighted by molar-refractivity contribution is 0.242. The second-order valence-electron chi connectivity index (χ2n) is 6.08. The molecule has 0 spiro atoms. The molecule has 3 heterocycles. The number of ether oxygens (including phenoxy) is 1. The molecule has 0 aliphatic carbocycles. The molecule has 3 aromatic rings. The average Bonchev–Trinajstić information content (AvgIpc) is 2.99. The normalized spacial score (nSPS) is 16.0. The molecule has 1 saturated heterocycles. The molecule has 0 amide bonds. The molecule has 0 saturated carbocycles. The van der Waals surface area contributed by atoms with Gasteiger partial charge in [-0.15, -0.1) is 10.2 Å². The number of hydrogen-bond acceptors (Lipinski definition) is 6. The van der Waals surface area contributed by atoms with Gasteiger partial charge in [0.25, 0.3) is 0 Å². The van der Waals surface area contributed by atoms with Gasteiger partial charge >= 0.3 is 0 Å². The van der Waals surface area contributed by atoms with Crippen LogP contribution in [0.4, 0.5) is 0 Å². The summed E-state index contributed by atoms with van der Waals surface area (Å²) in [5.74, 6) is 1.81. The van der Waals surface area contributed by atoms with Crippen molar-refractivity contribution in [1.82, 2.24) is 25.1 Å². The predicted octanol–water partition coefficient (Wildman–Crippen LogP) is 3.09. The van der Waals surface area contributed by atoms with Crippen LogP contribution in [0.15, 0.2) is 23.4 Å². The number of thioether (sulfide) groups is 1. The van der Waals surface area contributed by atoms with E-state index in [0.717, 1.165) is 45.3 Å². The highest BCUT2D eigenvalue weighted by Gasteiger charge is 2.12. The topological polar surface area (TPSA) is 66.9 Å². The number of likely N-dealkylation sites (tertiary alicyclic amines) is 1. The Hall–Kier alpha value is -1.86. The molecule has 1 aliphatic rings. The van der Waals surface area contributed by atoms with Gasteiger partial charge in [-0.3, -0.25) is 0 Å². The number of aromatic nitrogens is 4. The van der Waals surface area contributed by atoms with Gasteiger partial charge in [-0.05, 0) is 44.1 Å². The third kappa shape index (κ3) is 3.18. The van der Waals surface area contributed by atoms with Gasteiger partial charge in [0, 0.05) is 23.2 Å². The van der Waals surface area contributed by atoms with Gasteiger partial charge in [-0.2, -0.15) is 0 Å². The average molecular weight is 343 g/mol. The quantitative estimate of drug-likeness (QED) is 0.718. The minimum absolute atomic E-state index is 0.734. The van der Waals surface area contributed by atoms with E-state index in [1.54, 1.807) is 18.9 Å². The van der Waals surface area contributed by atoms with Crippen LogP contribution in [0, 0.1) is 0 Å². The molecule has 1 aromatic carbocycles. The first kappa shape index (κ1) is 15.7. The lowest BCUT2D eigenvalue weighted by atomic mass is 10.1. The summed E-state index contributed by atoms with van der Waals surface area (Å²) in [5, 5.41) is 10.4. The molecule has 24 heavy (non-hydrogen) atoms. The number of nitrogens with one attached hydrogen (secondary N) is 1. The second-order valence-corrected chi connectivity index (χ2v) is 7.14. The predicted molar refractivity (Wildman–Crippen MR) is 96.8 cm³/mol. The van der Waals surface area contributed by atoms with Gasteiger partial charge in [0.1, 0.15) is 11.3 Å². The zero-order valence-corrected chi connectivity index (χ0v) is 14.6. The van der Waals surface area contributed by atoms with Crippen molar-refractivity contribution in [2.24, 2.45) is 0 Å². The van der Waals surface area contributed by atoms with Crippen LogP contribution in [0.1, 0.15) is 19.3 Å². The first-order chi connectivity index (χ1) is 11.8. The number of hydrogen-bond donors (Lipinski definition) is 1. The third-order valence-electron chi connectivity index (χ3n) is 4.49. The van der Waals surface area contributed by atoms with Gasteiger partial charge < -0.3 is 14.6 Å². The monoisotopic (exact) mass is 343 g/mol. The Morgan fingerprint density at radius 2 is 2.08 bits per heavy atom. The van der Waals surface area contributed by atoms with Gasteiger partial charge in [-0.1, -0.05) is 18.2 Å². The summed E-state index contributed by atoms with van der Waals surface area (Å²) >= 11 is 1.68. The Kier molecular flexibility index (Phi) is 4.53. The van der Waals surface area contributed by atoms with Crippen LogP contribution < -0.4 is 4.74 Å². The molecule has 2 aromatic heterocycles. The fraction of sp³-hybridized carbons (Fsp3) is 0.471. The van der Waals surface area contributed by atoms with Crippen LogP contribution >= 0.6 is 11.8 Å². The molecule has 0 atom stereocenters. The molecule has 7 heteroatoms. The van der Waals surface area contributed by atoms with E-state index in [1.807, 2.05) is 18.2 Å². The van der Waals surface area contributed by atoms with E-state index in [4.69, 9.17) is 4.74 Å². The highest BCUT2D eigenvalue weighted by atomic mass is 32.2. The van der Waals surface area contributed by atoms with Crippen LogP contribution in [0.2, 0.25) is 0 Å². The summed E-state index contributed by atoms with van der Waals surface area (Å²) < 4.78 is 5.28. The first-order valence-electron chi connectivity index (χ1n) is 8.39. The van der Waals surface area contributed by atoms with E-state index in [1.165, 1.54) is 32.4 Å². The van der Waals surface area contributed by atoms with Crippen molar-refractivity contribution in [3.8, 4) is 5.75 Å². The second kappa shape index (κ2) is 6.94. The van der Waals surface area contributed by atoms with E-state index in [2.05, 4.69) is 25.1 Å². The zero-order valence-electron chi connectivity index (χ0n) is 13.8. The fourth-order valence-electron chi connectivity index (χ4n) is 3.17. The molecule has 1 fully saturated rings. The Morgan fingerprint density at radius 3 is 2.92 bits per heavy atom. The Balaban J connectivity index is 1.49. The number of piperidine rings is 1. The third-order valence-corrected chi connectivity index (χ3v) is 5.31. The van der Waals surface area contributed by atoms with E-state index >= 15 is 0 Å². The number of nitrogens with zero attached hydrogens (tertiary/aromatic N) is 4. The molecule has 0 unspecified atom stereocenters. The first-order valence-corrected chi connectivity index (χ1v) is 9.37. The van der Waals surface area contributed by atoms with Gasteiger partial charge in [0.2, 0.25) is 5.16 Å². The number of rotatable bonds is 5. The summed E-state index contributed by atoms with van der Waals surface area (Å²) in [6, 6.07) is 5.88. The molecular weight excluding hydrogens is 322 g/mol. The standard InChI is InChI=1S/C17H21N5OS/c1-23-12-5-6-14-13(11-12)15-16(18-14)19-17(21-20-15)24-10-9-22-7-3-2-4-8-22/h5-6,11H,2-4,7-10H2,1H3,(H,18,19,21). The molecule has 6 nitrogen and oxygen atoms in total. The van der Waals surface area contributed by atoms with E-state index in [0.29, 0.717) is 0 Å². The van der Waals surface area contributed by atoms with Crippen molar-refractivity contribution in [2.45, 2.75) is 24.4 Å². The van der Waals surface area contributed by atoms with E-state index in [9.17, 15) is 0 Å². The van der Waals surface area contributed by atoms with Crippen LogP contribution in [0.3, 0.4) is 0 Å². The van der Waals surface area contributed by atoms with Crippen LogP contribution in [-0.2, 0) is 0 Å². The molecule has 1 N–H and O–H groups in total. The largest absolute Gasteiger partial charge is 0.497 e. The van der Waals surface area contributed by atoms with Crippen molar-refractivity contribution in [3.05, 3.63) is 18.2 Å². The SMILES string of the molecule is COc1ccc2[nH]c3nc(SCCN4CCCCC4)nnc3c2c1. The maximum absolute atomic E-state index is 5.28. The highest BCUT2D eigenvalue weighted by molar-refractivity contribution is 7.99. The summed E-state index contributed by atoms with van der Waals surface area (Å²) in [5.41, 5.74) is 2.58. The number of fused-ring (bicyclic) bond motifs is 3. The van der Waals surface area contributed by atoms with E-state index < -0.39 is 0 Å². The van der Waals surface area contributed by atoms with Crippen molar-refractivity contribution < 1.29 is 4.74 Å². The maximum Gasteiger partial charge on any atom is 0.211 e. The van der Waals surface area contributed by atoms with Crippen molar-refractivity contribution in [3.63, 3.8) is 0 Å². The van der Waals surface area contributed by atoms with Crippen molar-refractivity contribution in [1.29, 1.82) is 0 Å². The minimum atomic E-state index is 0.734. The van der Waals surface area contributed by atoms with Crippen LogP contribution in [0.5, 0.6) is 5.75 Å². The van der Waals surface area contributed by atoms with Gasteiger partial charge in [-0.25, -0.2) is 4.98 Å². The molecule has 1 aliphatic heterocycles. The zero-order chi connectivity index (χ0) is 16.4. The van der Waals surface area contributed by atoms with Gasteiger partial charge in [0.05, 0.1) is 7.11 Å². The molecule has 126 valence electrons. The number of benzene rings is 1. The fourth-order valence-corrected chi connectivity index (χ4v) is 3.96. The molecule has 0 radical (unpaired) electrons. The number of methoxy groups -OCH3 is 1. The van der Waals surface area contributed by atoms with Crippen LogP contribution in [0.25, 0.3) is 22.1 Å². The number of aromatic amines is 1. The van der Waals surface area contributed by atoms with Crippen molar-refractivity contribution >= 4 is 33.8 Å². The summed E-state index contributed by atoms with van der Waals surface area (Å²) in [6.45, 7) is 3.54. The van der Waals surface area contributed by atoms with Gasteiger partial charge in [0.15, 0.2) is 5.65 Å². The Morgan fingerprint density at radius 1 is 1.21 bits per heavy atom. The molecule has 4 rings (SSSR count). The summed E-state index contributed by atoms with van der Waals surface area (Å²) in [6.07, 6.45) is 4.03. The lowest BCUT2D eigenvalue weighted by Gasteiger charge is -2.25. The van der Waals surface area contributed by atoms with Crippen LogP contribution in [-0.4, -0.2) is 57.6 Å². The minimum Gasteiger partial charge on any atom is -0.497 e. The smallest absolute Gasteiger partial charge is 0.211 e. The Bertz CT molecular complexity index is 843. The lowest BCUT2D eigenvalue weighted by Crippen LogP contribution is -2.31. The van der Waals surface area contributed by atoms with Crippen molar-refractivity contribution in [2.75, 3.05) is 32.5 Å². The highest BCUT2D eigenvalue weighted by Crippen LogP contribution is 2.27.